The van der Waals surface area contributed by atoms with E-state index in [-0.39, 0.29) is 5.41 Å². The van der Waals surface area contributed by atoms with Gasteiger partial charge in [0.2, 0.25) is 6.08 Å². The van der Waals surface area contributed by atoms with Gasteiger partial charge in [-0.25, -0.2) is 4.79 Å². The van der Waals surface area contributed by atoms with E-state index in [1.807, 2.05) is 12.1 Å². The number of ether oxygens (including phenoxy) is 1. The second-order valence-corrected chi connectivity index (χ2v) is 6.46. The number of aliphatic imine (C=N–C) groups is 1. The van der Waals surface area contributed by atoms with Crippen LogP contribution in [0.4, 0.5) is 0 Å². The summed E-state index contributed by atoms with van der Waals surface area (Å²) in [5.74, 6) is 0.786. The van der Waals surface area contributed by atoms with Gasteiger partial charge in [-0.15, -0.1) is 0 Å². The molecule has 2 rings (SSSR count). The molecule has 0 saturated heterocycles. The molecule has 0 N–H and O–H groups in total. The molecule has 0 amide bonds. The lowest BCUT2D eigenvalue weighted by Gasteiger charge is -2.26. The van der Waals surface area contributed by atoms with Gasteiger partial charge < -0.3 is 4.74 Å². The molecule has 1 fully saturated rings. The van der Waals surface area contributed by atoms with Crippen LogP contribution in [0.5, 0.6) is 5.75 Å². The number of hydrogen-bond acceptors (Lipinski definition) is 3. The fraction of sp³-hybridized carbons (Fsp3) is 0.533. The van der Waals surface area contributed by atoms with E-state index in [0.717, 1.165) is 29.7 Å². The first-order valence-corrected chi connectivity index (χ1v) is 6.69. The molecule has 0 bridgehead atoms. The molecule has 1 aliphatic rings. The molecule has 0 spiro atoms. The molecule has 0 aromatic heterocycles. The monoisotopic (exact) mass is 279 g/mol. The van der Waals surface area contributed by atoms with Gasteiger partial charge >= 0.3 is 0 Å². The summed E-state index contributed by atoms with van der Waals surface area (Å²) in [7, 11) is 1.64. The minimum atomic E-state index is -0.474. The highest BCUT2D eigenvalue weighted by molar-refractivity contribution is 6.30. The molecule has 0 radical (unpaired) electrons. The summed E-state index contributed by atoms with van der Waals surface area (Å²) in [5, 5.41) is 0.646. The maximum Gasteiger partial charge on any atom is 0.235 e. The maximum absolute atomic E-state index is 10.6. The SMILES string of the molecule is COc1c(C(C)(C)C)cc(Cl)cc1C1(N=C=O)CC1. The molecule has 0 unspecified atom stereocenters. The third-order valence-electron chi connectivity index (χ3n) is 3.55. The zero-order chi connectivity index (χ0) is 14.3. The van der Waals surface area contributed by atoms with Crippen LogP contribution in [0, 0.1) is 0 Å². The van der Waals surface area contributed by atoms with E-state index in [1.165, 1.54) is 0 Å². The van der Waals surface area contributed by atoms with Gasteiger partial charge in [-0.3, -0.25) is 0 Å². The van der Waals surface area contributed by atoms with E-state index in [9.17, 15) is 4.79 Å². The summed E-state index contributed by atoms with van der Waals surface area (Å²) in [4.78, 5) is 14.6. The lowest BCUT2D eigenvalue weighted by Crippen LogP contribution is -2.16. The quantitative estimate of drug-likeness (QED) is 0.620. The van der Waals surface area contributed by atoms with Crippen LogP contribution in [0.1, 0.15) is 44.7 Å². The topological polar surface area (TPSA) is 38.7 Å². The summed E-state index contributed by atoms with van der Waals surface area (Å²) < 4.78 is 5.58. The Labute approximate surface area is 118 Å². The van der Waals surface area contributed by atoms with Crippen molar-refractivity contribution in [3.05, 3.63) is 28.3 Å². The largest absolute Gasteiger partial charge is 0.496 e. The number of carbonyl (C=O) groups excluding carboxylic acids is 1. The summed E-state index contributed by atoms with van der Waals surface area (Å²) in [6.07, 6.45) is 3.35. The Kier molecular flexibility index (Phi) is 3.46. The molecule has 0 atom stereocenters. The molecule has 0 heterocycles. The first-order valence-electron chi connectivity index (χ1n) is 6.31. The van der Waals surface area contributed by atoms with E-state index >= 15 is 0 Å². The first-order chi connectivity index (χ1) is 8.84. The minimum absolute atomic E-state index is 0.0913. The van der Waals surface area contributed by atoms with Gasteiger partial charge in [0.15, 0.2) is 0 Å². The van der Waals surface area contributed by atoms with Crippen LogP contribution in [0.15, 0.2) is 17.1 Å². The van der Waals surface area contributed by atoms with Crippen molar-refractivity contribution >= 4 is 17.7 Å². The molecule has 102 valence electrons. The Morgan fingerprint density at radius 1 is 1.37 bits per heavy atom. The third-order valence-corrected chi connectivity index (χ3v) is 3.77. The Balaban J connectivity index is 2.68. The highest BCUT2D eigenvalue weighted by Gasteiger charge is 2.48. The van der Waals surface area contributed by atoms with E-state index < -0.39 is 5.54 Å². The molecule has 19 heavy (non-hydrogen) atoms. The van der Waals surface area contributed by atoms with Crippen LogP contribution in [-0.2, 0) is 15.7 Å². The van der Waals surface area contributed by atoms with Crippen LogP contribution >= 0.6 is 11.6 Å². The van der Waals surface area contributed by atoms with E-state index in [2.05, 4.69) is 25.8 Å². The van der Waals surface area contributed by atoms with Gasteiger partial charge in [-0.1, -0.05) is 32.4 Å². The summed E-state index contributed by atoms with van der Waals surface area (Å²) in [6.45, 7) is 6.31. The van der Waals surface area contributed by atoms with E-state index in [0.29, 0.717) is 5.02 Å². The second kappa shape index (κ2) is 4.66. The van der Waals surface area contributed by atoms with Gasteiger partial charge in [0.1, 0.15) is 11.3 Å². The lowest BCUT2D eigenvalue weighted by molar-refractivity contribution is 0.387. The maximum atomic E-state index is 10.6. The Morgan fingerprint density at radius 2 is 2.00 bits per heavy atom. The predicted octanol–water partition coefficient (Wildman–Crippen LogP) is 3.97. The molecule has 1 aromatic carbocycles. The molecule has 3 nitrogen and oxygen atoms in total. The van der Waals surface area contributed by atoms with Gasteiger partial charge in [0.05, 0.1) is 7.11 Å². The summed E-state index contributed by atoms with van der Waals surface area (Å²) >= 11 is 6.22. The number of methoxy groups -OCH3 is 1. The first kappa shape index (κ1) is 14.1. The van der Waals surface area contributed by atoms with Gasteiger partial charge in [-0.05, 0) is 30.4 Å². The number of hydrogen-bond donors (Lipinski definition) is 0. The Hall–Kier alpha value is -1.31. The average molecular weight is 280 g/mol. The van der Waals surface area contributed by atoms with Crippen LogP contribution in [0.25, 0.3) is 0 Å². The average Bonchev–Trinajstić information content (AvgIpc) is 3.08. The van der Waals surface area contributed by atoms with Crippen LogP contribution in [0.2, 0.25) is 5.02 Å². The van der Waals surface area contributed by atoms with Crippen molar-refractivity contribution in [2.45, 2.75) is 44.6 Å². The summed E-state index contributed by atoms with van der Waals surface area (Å²) in [6, 6.07) is 3.77. The zero-order valence-electron chi connectivity index (χ0n) is 11.7. The van der Waals surface area contributed by atoms with Crippen molar-refractivity contribution in [1.82, 2.24) is 0 Å². The van der Waals surface area contributed by atoms with Crippen LogP contribution < -0.4 is 4.74 Å². The Morgan fingerprint density at radius 3 is 2.42 bits per heavy atom. The van der Waals surface area contributed by atoms with Crippen LogP contribution in [0.3, 0.4) is 0 Å². The van der Waals surface area contributed by atoms with Gasteiger partial charge in [0.25, 0.3) is 0 Å². The van der Waals surface area contributed by atoms with Crippen LogP contribution in [-0.4, -0.2) is 13.2 Å². The van der Waals surface area contributed by atoms with Crippen molar-refractivity contribution < 1.29 is 9.53 Å². The predicted molar refractivity (Wildman–Crippen MR) is 75.7 cm³/mol. The lowest BCUT2D eigenvalue weighted by atomic mass is 9.84. The fourth-order valence-electron chi connectivity index (χ4n) is 2.36. The summed E-state index contributed by atoms with van der Waals surface area (Å²) in [5.41, 5.74) is 1.37. The smallest absolute Gasteiger partial charge is 0.235 e. The minimum Gasteiger partial charge on any atom is -0.496 e. The molecule has 0 aliphatic heterocycles. The van der Waals surface area contributed by atoms with Gasteiger partial charge in [-0.2, -0.15) is 4.99 Å². The molecule has 4 heteroatoms. The molecule has 1 aromatic rings. The van der Waals surface area contributed by atoms with E-state index in [4.69, 9.17) is 16.3 Å². The number of nitrogens with zero attached hydrogens (tertiary/aromatic N) is 1. The Bertz CT molecular complexity index is 550. The highest BCUT2D eigenvalue weighted by atomic mass is 35.5. The van der Waals surface area contributed by atoms with Crippen molar-refractivity contribution in [3.8, 4) is 5.75 Å². The highest BCUT2D eigenvalue weighted by Crippen LogP contribution is 2.54. The zero-order valence-corrected chi connectivity index (χ0v) is 12.5. The van der Waals surface area contributed by atoms with Gasteiger partial charge in [0, 0.05) is 16.1 Å². The molecular weight excluding hydrogens is 262 g/mol. The molecule has 1 aliphatic carbocycles. The number of isocyanates is 1. The molecular formula is C15H18ClNO2. The standard InChI is InChI=1S/C15H18ClNO2/c1-14(2,3)11-7-10(16)8-12(13(11)19-4)15(5-6-15)17-9-18/h7-8H,5-6H2,1-4H3. The van der Waals surface area contributed by atoms with E-state index in [1.54, 1.807) is 13.2 Å². The molecule has 1 saturated carbocycles. The number of rotatable bonds is 3. The van der Waals surface area contributed by atoms with Crippen molar-refractivity contribution in [1.29, 1.82) is 0 Å². The number of benzene rings is 1. The van der Waals surface area contributed by atoms with Crippen molar-refractivity contribution in [3.63, 3.8) is 0 Å². The van der Waals surface area contributed by atoms with Crippen molar-refractivity contribution in [2.75, 3.05) is 7.11 Å². The second-order valence-electron chi connectivity index (χ2n) is 6.02. The van der Waals surface area contributed by atoms with Crippen molar-refractivity contribution in [2.24, 2.45) is 4.99 Å². The fourth-order valence-corrected chi connectivity index (χ4v) is 2.58. The normalized spacial score (nSPS) is 16.7. The number of halogens is 1. The third kappa shape index (κ3) is 2.54.